The third-order valence-electron chi connectivity index (χ3n) is 4.45. The number of amides is 4. The maximum Gasteiger partial charge on any atom is 0.344 e. The monoisotopic (exact) mass is 383 g/mol. The highest BCUT2D eigenvalue weighted by Gasteiger charge is 2.50. The van der Waals surface area contributed by atoms with Gasteiger partial charge in [0, 0.05) is 0 Å². The van der Waals surface area contributed by atoms with E-state index in [1.807, 2.05) is 13.0 Å². The van der Waals surface area contributed by atoms with Crippen LogP contribution in [-0.4, -0.2) is 36.6 Å². The number of hydrogen-bond donors (Lipinski definition) is 2. The molecule has 28 heavy (non-hydrogen) atoms. The SMILES string of the molecule is COc1ccc([C@@]2(C)NC(=O)N(NC(=O)COc3cccc(C)c3)C2=O)cc1. The average molecular weight is 383 g/mol. The van der Waals surface area contributed by atoms with Crippen LogP contribution in [0.4, 0.5) is 4.79 Å². The predicted molar refractivity (Wildman–Crippen MR) is 101 cm³/mol. The fourth-order valence-electron chi connectivity index (χ4n) is 2.87. The Bertz CT molecular complexity index is 912. The molecule has 1 fully saturated rings. The number of urea groups is 1. The Morgan fingerprint density at radius 2 is 1.86 bits per heavy atom. The Morgan fingerprint density at radius 3 is 2.50 bits per heavy atom. The van der Waals surface area contributed by atoms with Gasteiger partial charge in [0.05, 0.1) is 7.11 Å². The topological polar surface area (TPSA) is 97.0 Å². The molecule has 0 unspecified atom stereocenters. The minimum atomic E-state index is -1.30. The van der Waals surface area contributed by atoms with E-state index in [-0.39, 0.29) is 6.61 Å². The van der Waals surface area contributed by atoms with Crippen molar-refractivity contribution in [2.75, 3.05) is 13.7 Å². The van der Waals surface area contributed by atoms with Crippen molar-refractivity contribution < 1.29 is 23.9 Å². The molecular formula is C20H21N3O5. The molecule has 2 N–H and O–H groups in total. The fourth-order valence-corrected chi connectivity index (χ4v) is 2.87. The number of aryl methyl sites for hydroxylation is 1. The molecule has 1 aliphatic heterocycles. The summed E-state index contributed by atoms with van der Waals surface area (Å²) in [6.45, 7) is 3.14. The van der Waals surface area contributed by atoms with Gasteiger partial charge in [-0.2, -0.15) is 5.01 Å². The summed E-state index contributed by atoms with van der Waals surface area (Å²) in [5, 5.41) is 3.28. The van der Waals surface area contributed by atoms with Crippen LogP contribution in [0.5, 0.6) is 11.5 Å². The van der Waals surface area contributed by atoms with E-state index in [1.54, 1.807) is 49.4 Å². The summed E-state index contributed by atoms with van der Waals surface area (Å²) in [6.07, 6.45) is 0. The van der Waals surface area contributed by atoms with E-state index in [9.17, 15) is 14.4 Å². The molecule has 3 rings (SSSR count). The number of methoxy groups -OCH3 is 1. The van der Waals surface area contributed by atoms with Crippen molar-refractivity contribution >= 4 is 17.8 Å². The number of benzene rings is 2. The molecule has 8 heteroatoms. The van der Waals surface area contributed by atoms with E-state index in [2.05, 4.69) is 10.7 Å². The summed E-state index contributed by atoms with van der Waals surface area (Å²) < 4.78 is 10.5. The summed E-state index contributed by atoms with van der Waals surface area (Å²) >= 11 is 0. The molecule has 0 spiro atoms. The Balaban J connectivity index is 1.66. The van der Waals surface area contributed by atoms with Crippen molar-refractivity contribution in [1.29, 1.82) is 0 Å². The van der Waals surface area contributed by atoms with Crippen LogP contribution in [0.15, 0.2) is 48.5 Å². The second-order valence-electron chi connectivity index (χ2n) is 6.56. The molecule has 1 atom stereocenters. The Morgan fingerprint density at radius 1 is 1.14 bits per heavy atom. The van der Waals surface area contributed by atoms with Gasteiger partial charge < -0.3 is 14.8 Å². The first-order valence-corrected chi connectivity index (χ1v) is 8.63. The van der Waals surface area contributed by atoms with Crippen LogP contribution in [0.3, 0.4) is 0 Å². The van der Waals surface area contributed by atoms with Crippen LogP contribution in [-0.2, 0) is 15.1 Å². The maximum absolute atomic E-state index is 12.8. The molecule has 0 aromatic heterocycles. The Labute approximate surface area is 162 Å². The standard InChI is InChI=1S/C20H21N3O5/c1-13-5-4-6-16(11-13)28-12-17(24)22-23-18(25)20(2,21-19(23)26)14-7-9-15(27-3)10-8-14/h4-11H,12H2,1-3H3,(H,21,26)(H,22,24)/t20-/m1/s1. The highest BCUT2D eigenvalue weighted by molar-refractivity contribution is 6.08. The molecular weight excluding hydrogens is 362 g/mol. The number of hydrazine groups is 1. The van der Waals surface area contributed by atoms with E-state index < -0.39 is 23.4 Å². The molecule has 0 bridgehead atoms. The smallest absolute Gasteiger partial charge is 0.344 e. The first-order valence-electron chi connectivity index (χ1n) is 8.63. The van der Waals surface area contributed by atoms with Crippen molar-refractivity contribution in [3.05, 3.63) is 59.7 Å². The summed E-state index contributed by atoms with van der Waals surface area (Å²) in [4.78, 5) is 37.2. The van der Waals surface area contributed by atoms with Crippen LogP contribution >= 0.6 is 0 Å². The normalized spacial score (nSPS) is 18.6. The second kappa shape index (κ2) is 7.59. The van der Waals surface area contributed by atoms with Crippen molar-refractivity contribution in [2.45, 2.75) is 19.4 Å². The van der Waals surface area contributed by atoms with Gasteiger partial charge >= 0.3 is 6.03 Å². The molecule has 8 nitrogen and oxygen atoms in total. The highest BCUT2D eigenvalue weighted by Crippen LogP contribution is 2.29. The van der Waals surface area contributed by atoms with Gasteiger partial charge in [0.15, 0.2) is 6.61 Å². The first kappa shape index (κ1) is 19.2. The van der Waals surface area contributed by atoms with E-state index in [4.69, 9.17) is 9.47 Å². The lowest BCUT2D eigenvalue weighted by Crippen LogP contribution is -2.49. The van der Waals surface area contributed by atoms with Crippen LogP contribution in [0.2, 0.25) is 0 Å². The van der Waals surface area contributed by atoms with Gasteiger partial charge in [0.1, 0.15) is 17.0 Å². The highest BCUT2D eigenvalue weighted by atomic mass is 16.5. The number of rotatable bonds is 6. The van der Waals surface area contributed by atoms with Crippen LogP contribution < -0.4 is 20.2 Å². The van der Waals surface area contributed by atoms with Crippen molar-refractivity contribution in [2.24, 2.45) is 0 Å². The lowest BCUT2D eigenvalue weighted by molar-refractivity contribution is -0.139. The lowest BCUT2D eigenvalue weighted by Gasteiger charge is -2.22. The zero-order chi connectivity index (χ0) is 20.3. The van der Waals surface area contributed by atoms with E-state index in [0.29, 0.717) is 22.1 Å². The zero-order valence-corrected chi connectivity index (χ0v) is 15.8. The molecule has 146 valence electrons. The summed E-state index contributed by atoms with van der Waals surface area (Å²) in [5.74, 6) is -0.0615. The Hall–Kier alpha value is -3.55. The number of nitrogens with zero attached hydrogens (tertiary/aromatic N) is 1. The minimum absolute atomic E-state index is 0.334. The predicted octanol–water partition coefficient (Wildman–Crippen LogP) is 1.88. The largest absolute Gasteiger partial charge is 0.497 e. The molecule has 1 heterocycles. The van der Waals surface area contributed by atoms with Gasteiger partial charge in [-0.25, -0.2) is 4.79 Å². The van der Waals surface area contributed by atoms with Gasteiger partial charge in [0.2, 0.25) is 0 Å². The van der Waals surface area contributed by atoms with E-state index >= 15 is 0 Å². The van der Waals surface area contributed by atoms with Gasteiger partial charge in [-0.05, 0) is 49.2 Å². The Kier molecular flexibility index (Phi) is 5.21. The second-order valence-corrected chi connectivity index (χ2v) is 6.56. The number of nitrogens with one attached hydrogen (secondary N) is 2. The first-order chi connectivity index (χ1) is 13.3. The number of carbonyl (C=O) groups excluding carboxylic acids is 3. The van der Waals surface area contributed by atoms with Gasteiger partial charge in [-0.15, -0.1) is 0 Å². The molecule has 1 saturated heterocycles. The molecule has 2 aromatic carbocycles. The van der Waals surface area contributed by atoms with E-state index in [1.165, 1.54) is 7.11 Å². The van der Waals surface area contributed by atoms with E-state index in [0.717, 1.165) is 5.56 Å². The fraction of sp³-hybridized carbons (Fsp3) is 0.250. The molecule has 1 aliphatic rings. The van der Waals surface area contributed by atoms with Gasteiger partial charge in [0.25, 0.3) is 11.8 Å². The molecule has 4 amide bonds. The van der Waals surface area contributed by atoms with Crippen molar-refractivity contribution in [1.82, 2.24) is 15.8 Å². The zero-order valence-electron chi connectivity index (χ0n) is 15.8. The van der Waals surface area contributed by atoms with Crippen molar-refractivity contribution in [3.63, 3.8) is 0 Å². The summed E-state index contributed by atoms with van der Waals surface area (Å²) in [5.41, 5.74) is 2.55. The van der Waals surface area contributed by atoms with Crippen LogP contribution in [0, 0.1) is 6.92 Å². The number of hydrogen-bond acceptors (Lipinski definition) is 5. The number of ether oxygens (including phenoxy) is 2. The van der Waals surface area contributed by atoms with Crippen molar-refractivity contribution in [3.8, 4) is 11.5 Å². The van der Waals surface area contributed by atoms with Gasteiger partial charge in [-0.1, -0.05) is 24.3 Å². The quantitative estimate of drug-likeness (QED) is 0.743. The third kappa shape index (κ3) is 3.75. The molecule has 0 radical (unpaired) electrons. The maximum atomic E-state index is 12.8. The average Bonchev–Trinajstić information content (AvgIpc) is 2.90. The third-order valence-corrected chi connectivity index (χ3v) is 4.45. The number of carbonyl (C=O) groups is 3. The lowest BCUT2D eigenvalue weighted by atomic mass is 9.92. The number of imide groups is 1. The summed E-state index contributed by atoms with van der Waals surface area (Å²) in [7, 11) is 1.54. The van der Waals surface area contributed by atoms with Crippen LogP contribution in [0.1, 0.15) is 18.1 Å². The molecule has 0 aliphatic carbocycles. The molecule has 0 saturated carbocycles. The minimum Gasteiger partial charge on any atom is -0.497 e. The van der Waals surface area contributed by atoms with Crippen LogP contribution in [0.25, 0.3) is 0 Å². The molecule has 2 aromatic rings. The van der Waals surface area contributed by atoms with Gasteiger partial charge in [-0.3, -0.25) is 15.0 Å². The summed E-state index contributed by atoms with van der Waals surface area (Å²) in [6, 6.07) is 13.2.